The minimum absolute atomic E-state index is 0.0849. The van der Waals surface area contributed by atoms with E-state index < -0.39 is 23.9 Å². The highest BCUT2D eigenvalue weighted by molar-refractivity contribution is 5.91. The SMILES string of the molecule is C[C@@H](CCC1CCC(c2cc(NC(=O)Cc3cncc(C(F)(F)F)n3)n[nH]2)C1)NC(=O)O. The molecular weight excluding hydrogens is 429 g/mol. The van der Waals surface area contributed by atoms with E-state index in [4.69, 9.17) is 5.11 Å². The number of alkyl halides is 3. The van der Waals surface area contributed by atoms with Crippen LogP contribution in [-0.2, 0) is 17.4 Å². The van der Waals surface area contributed by atoms with Crippen molar-refractivity contribution in [2.75, 3.05) is 5.32 Å². The second-order valence-corrected chi connectivity index (χ2v) is 8.13. The Morgan fingerprint density at radius 2 is 2.09 bits per heavy atom. The van der Waals surface area contributed by atoms with Crippen LogP contribution in [0.25, 0.3) is 0 Å². The molecule has 9 nitrogen and oxygen atoms in total. The van der Waals surface area contributed by atoms with Crippen LogP contribution in [0.15, 0.2) is 18.5 Å². The number of amides is 2. The van der Waals surface area contributed by atoms with Gasteiger partial charge in [-0.1, -0.05) is 0 Å². The Labute approximate surface area is 182 Å². The fourth-order valence-corrected chi connectivity index (χ4v) is 3.98. The molecule has 4 N–H and O–H groups in total. The quantitative estimate of drug-likeness (QED) is 0.481. The van der Waals surface area contributed by atoms with Gasteiger partial charge in [-0.15, -0.1) is 0 Å². The lowest BCUT2D eigenvalue weighted by Gasteiger charge is -2.14. The first-order valence-corrected chi connectivity index (χ1v) is 10.3. The number of rotatable bonds is 8. The van der Waals surface area contributed by atoms with Crippen LogP contribution < -0.4 is 10.6 Å². The van der Waals surface area contributed by atoms with Crippen molar-refractivity contribution >= 4 is 17.8 Å². The number of hydrogen-bond donors (Lipinski definition) is 4. The second kappa shape index (κ2) is 9.96. The molecule has 1 fully saturated rings. The fraction of sp³-hybridized carbons (Fsp3) is 0.550. The number of nitrogens with zero attached hydrogens (tertiary/aromatic N) is 3. The predicted octanol–water partition coefficient (Wildman–Crippen LogP) is 3.72. The minimum atomic E-state index is -4.62. The van der Waals surface area contributed by atoms with Crippen molar-refractivity contribution in [1.29, 1.82) is 0 Å². The molecule has 0 bridgehead atoms. The van der Waals surface area contributed by atoms with Gasteiger partial charge in [0.25, 0.3) is 0 Å². The highest BCUT2D eigenvalue weighted by atomic mass is 19.4. The third-order valence-corrected chi connectivity index (χ3v) is 5.54. The monoisotopic (exact) mass is 454 g/mol. The summed E-state index contributed by atoms with van der Waals surface area (Å²) in [5, 5.41) is 20.8. The number of anilines is 1. The number of H-pyrrole nitrogens is 1. The Balaban J connectivity index is 1.49. The molecule has 12 heteroatoms. The van der Waals surface area contributed by atoms with Crippen molar-refractivity contribution in [3.05, 3.63) is 35.5 Å². The Kier molecular flexibility index (Phi) is 7.31. The average molecular weight is 454 g/mol. The topological polar surface area (TPSA) is 133 Å². The maximum absolute atomic E-state index is 12.7. The van der Waals surface area contributed by atoms with Gasteiger partial charge in [-0.25, -0.2) is 9.78 Å². The molecule has 2 heterocycles. The Bertz CT molecular complexity index is 949. The molecule has 2 unspecified atom stereocenters. The summed E-state index contributed by atoms with van der Waals surface area (Å²) in [4.78, 5) is 29.8. The molecule has 0 radical (unpaired) electrons. The molecule has 0 saturated heterocycles. The predicted molar refractivity (Wildman–Crippen MR) is 108 cm³/mol. The first-order valence-electron chi connectivity index (χ1n) is 10.3. The van der Waals surface area contributed by atoms with E-state index in [2.05, 4.69) is 30.8 Å². The van der Waals surface area contributed by atoms with Gasteiger partial charge < -0.3 is 15.7 Å². The van der Waals surface area contributed by atoms with Gasteiger partial charge >= 0.3 is 12.3 Å². The van der Waals surface area contributed by atoms with Crippen LogP contribution >= 0.6 is 0 Å². The molecule has 0 spiro atoms. The maximum atomic E-state index is 12.7. The standard InChI is InChI=1S/C20H25F3N6O3/c1-11(25-19(31)32)2-3-12-4-5-13(6-12)15-8-17(29-28-15)27-18(30)7-14-9-24-10-16(26-14)20(21,22)23/h8-13,25H,2-7H2,1H3,(H,31,32)(H2,27,28,29,30)/t11-,12?,13?/m0/s1. The largest absolute Gasteiger partial charge is 0.465 e. The van der Waals surface area contributed by atoms with E-state index in [0.29, 0.717) is 17.9 Å². The molecule has 32 heavy (non-hydrogen) atoms. The summed E-state index contributed by atoms with van der Waals surface area (Å²) in [5.41, 5.74) is -0.342. The highest BCUT2D eigenvalue weighted by Gasteiger charge is 2.33. The first kappa shape index (κ1) is 23.5. The van der Waals surface area contributed by atoms with Gasteiger partial charge in [0, 0.05) is 29.9 Å². The summed E-state index contributed by atoms with van der Waals surface area (Å²) in [5.74, 6) is 0.502. The molecule has 174 valence electrons. The van der Waals surface area contributed by atoms with Crippen LogP contribution in [-0.4, -0.2) is 43.3 Å². The van der Waals surface area contributed by atoms with Crippen molar-refractivity contribution in [1.82, 2.24) is 25.5 Å². The average Bonchev–Trinajstić information content (AvgIpc) is 3.34. The summed E-state index contributed by atoms with van der Waals surface area (Å²) in [6.45, 7) is 1.84. The van der Waals surface area contributed by atoms with Crippen molar-refractivity contribution in [2.45, 2.75) is 63.6 Å². The number of carbonyl (C=O) groups excluding carboxylic acids is 1. The zero-order valence-corrected chi connectivity index (χ0v) is 17.4. The molecule has 3 atom stereocenters. The Morgan fingerprint density at radius 3 is 2.81 bits per heavy atom. The van der Waals surface area contributed by atoms with Gasteiger partial charge in [-0.2, -0.15) is 18.3 Å². The summed E-state index contributed by atoms with van der Waals surface area (Å²) in [6, 6.07) is 1.64. The zero-order chi connectivity index (χ0) is 23.3. The van der Waals surface area contributed by atoms with Gasteiger partial charge in [-0.3, -0.25) is 14.9 Å². The number of aromatic nitrogens is 4. The molecule has 2 amide bonds. The number of nitrogens with one attached hydrogen (secondary N) is 3. The van der Waals surface area contributed by atoms with Crippen LogP contribution in [0, 0.1) is 5.92 Å². The molecule has 0 aromatic carbocycles. The lowest BCUT2D eigenvalue weighted by molar-refractivity contribution is -0.141. The fourth-order valence-electron chi connectivity index (χ4n) is 3.98. The van der Waals surface area contributed by atoms with Gasteiger partial charge in [0.2, 0.25) is 5.91 Å². The van der Waals surface area contributed by atoms with Crippen LogP contribution in [0.4, 0.5) is 23.8 Å². The molecule has 1 aliphatic carbocycles. The van der Waals surface area contributed by atoms with E-state index in [-0.39, 0.29) is 24.1 Å². The van der Waals surface area contributed by atoms with Crippen LogP contribution in [0.5, 0.6) is 0 Å². The van der Waals surface area contributed by atoms with Crippen LogP contribution in [0.1, 0.15) is 62.0 Å². The molecular formula is C20H25F3N6O3. The summed E-state index contributed by atoms with van der Waals surface area (Å²) >= 11 is 0. The van der Waals surface area contributed by atoms with E-state index >= 15 is 0 Å². The van der Waals surface area contributed by atoms with Gasteiger partial charge in [0.1, 0.15) is 0 Å². The maximum Gasteiger partial charge on any atom is 0.434 e. The zero-order valence-electron chi connectivity index (χ0n) is 17.4. The van der Waals surface area contributed by atoms with E-state index in [1.165, 1.54) is 0 Å². The molecule has 3 rings (SSSR count). The van der Waals surface area contributed by atoms with Crippen molar-refractivity contribution < 1.29 is 27.9 Å². The van der Waals surface area contributed by atoms with Crippen LogP contribution in [0.2, 0.25) is 0 Å². The third-order valence-electron chi connectivity index (χ3n) is 5.54. The van der Waals surface area contributed by atoms with Gasteiger partial charge in [0.15, 0.2) is 11.5 Å². The third kappa shape index (κ3) is 6.66. The molecule has 2 aromatic rings. The molecule has 2 aromatic heterocycles. The normalized spacial score (nSPS) is 19.5. The van der Waals surface area contributed by atoms with Crippen LogP contribution in [0.3, 0.4) is 0 Å². The van der Waals surface area contributed by atoms with E-state index in [1.54, 1.807) is 6.07 Å². The Hall–Kier alpha value is -3.18. The molecule has 1 saturated carbocycles. The number of aromatic amines is 1. The van der Waals surface area contributed by atoms with Gasteiger partial charge in [0.05, 0.1) is 18.3 Å². The number of halogens is 3. The molecule has 0 aliphatic heterocycles. The molecule has 1 aliphatic rings. The Morgan fingerprint density at radius 1 is 1.31 bits per heavy atom. The van der Waals surface area contributed by atoms with Crippen molar-refractivity contribution in [3.63, 3.8) is 0 Å². The number of hydrogen-bond acceptors (Lipinski definition) is 5. The van der Waals surface area contributed by atoms with E-state index in [9.17, 15) is 22.8 Å². The lowest BCUT2D eigenvalue weighted by atomic mass is 9.96. The van der Waals surface area contributed by atoms with E-state index in [1.807, 2.05) is 6.92 Å². The summed E-state index contributed by atoms with van der Waals surface area (Å²) in [6.07, 6.45) is 0.355. The van der Waals surface area contributed by atoms with Crippen molar-refractivity contribution in [3.8, 4) is 0 Å². The van der Waals surface area contributed by atoms with Gasteiger partial charge in [-0.05, 0) is 44.9 Å². The van der Waals surface area contributed by atoms with Crippen molar-refractivity contribution in [2.24, 2.45) is 5.92 Å². The summed E-state index contributed by atoms with van der Waals surface area (Å²) in [7, 11) is 0. The highest BCUT2D eigenvalue weighted by Crippen LogP contribution is 2.40. The lowest BCUT2D eigenvalue weighted by Crippen LogP contribution is -2.31. The second-order valence-electron chi connectivity index (χ2n) is 8.13. The number of carbonyl (C=O) groups is 2. The van der Waals surface area contributed by atoms with E-state index in [0.717, 1.165) is 44.0 Å². The first-order chi connectivity index (χ1) is 15.1. The minimum Gasteiger partial charge on any atom is -0.465 e. The summed E-state index contributed by atoms with van der Waals surface area (Å²) < 4.78 is 38.2. The smallest absolute Gasteiger partial charge is 0.434 e. The number of carboxylic acid groups (broad SMARTS) is 1.